The van der Waals surface area contributed by atoms with Crippen LogP contribution in [-0.4, -0.2) is 21.2 Å². The van der Waals surface area contributed by atoms with Crippen molar-refractivity contribution in [2.45, 2.75) is 13.0 Å². The zero-order valence-electron chi connectivity index (χ0n) is 10.9. The third kappa shape index (κ3) is 1.67. The van der Waals surface area contributed by atoms with Crippen molar-refractivity contribution >= 4 is 5.65 Å². The molecule has 20 heavy (non-hydrogen) atoms. The van der Waals surface area contributed by atoms with Gasteiger partial charge in [0.2, 0.25) is 0 Å². The molecule has 4 rings (SSSR count). The van der Waals surface area contributed by atoms with Crippen LogP contribution < -0.4 is 10.5 Å². The number of hydrogen-bond donors (Lipinski definition) is 1. The average Bonchev–Trinajstić information content (AvgIpc) is 3.12. The van der Waals surface area contributed by atoms with Crippen LogP contribution in [0.5, 0.6) is 5.75 Å². The first-order valence-corrected chi connectivity index (χ1v) is 6.65. The minimum atomic E-state index is 0.426. The van der Waals surface area contributed by atoms with Gasteiger partial charge in [0.1, 0.15) is 5.75 Å². The molecule has 100 valence electrons. The normalized spacial score (nSPS) is 13.4. The van der Waals surface area contributed by atoms with E-state index in [0.29, 0.717) is 6.54 Å². The van der Waals surface area contributed by atoms with Gasteiger partial charge in [-0.25, -0.2) is 9.50 Å². The van der Waals surface area contributed by atoms with Crippen LogP contribution >= 0.6 is 0 Å². The Hall–Kier alpha value is -2.40. The highest BCUT2D eigenvalue weighted by Gasteiger charge is 2.13. The molecule has 0 saturated carbocycles. The Morgan fingerprint density at radius 1 is 1.25 bits per heavy atom. The average molecular weight is 266 g/mol. The fraction of sp³-hybridized carbons (Fsp3) is 0.200. The Kier molecular flexibility index (Phi) is 2.47. The van der Waals surface area contributed by atoms with E-state index < -0.39 is 0 Å². The van der Waals surface area contributed by atoms with E-state index in [9.17, 15) is 0 Å². The molecule has 3 aromatic rings. The van der Waals surface area contributed by atoms with Crippen LogP contribution in [0.15, 0.2) is 36.5 Å². The molecule has 2 N–H and O–H groups in total. The number of hydrogen-bond acceptors (Lipinski definition) is 4. The molecular formula is C15H14N4O. The van der Waals surface area contributed by atoms with Crippen molar-refractivity contribution in [3.8, 4) is 17.0 Å². The molecule has 0 fully saturated rings. The Bertz CT molecular complexity index is 794. The maximum atomic E-state index is 5.71. The van der Waals surface area contributed by atoms with E-state index in [-0.39, 0.29) is 0 Å². The van der Waals surface area contributed by atoms with E-state index in [2.05, 4.69) is 16.1 Å². The van der Waals surface area contributed by atoms with Crippen molar-refractivity contribution in [3.63, 3.8) is 0 Å². The molecule has 3 heterocycles. The van der Waals surface area contributed by atoms with Gasteiger partial charge in [-0.05, 0) is 35.9 Å². The molecular weight excluding hydrogens is 252 g/mol. The number of aromatic nitrogens is 3. The number of benzene rings is 1. The fourth-order valence-electron chi connectivity index (χ4n) is 2.56. The van der Waals surface area contributed by atoms with E-state index >= 15 is 0 Å². The second kappa shape index (κ2) is 4.31. The Labute approximate surface area is 116 Å². The summed E-state index contributed by atoms with van der Waals surface area (Å²) in [5.74, 6) is 0.986. The van der Waals surface area contributed by atoms with Crippen LogP contribution in [0.2, 0.25) is 0 Å². The summed E-state index contributed by atoms with van der Waals surface area (Å²) in [5.41, 5.74) is 10.7. The molecule has 0 radical (unpaired) electrons. The van der Waals surface area contributed by atoms with Gasteiger partial charge in [-0.15, -0.1) is 0 Å². The van der Waals surface area contributed by atoms with Gasteiger partial charge >= 0.3 is 0 Å². The third-order valence-corrected chi connectivity index (χ3v) is 3.63. The molecule has 0 unspecified atom stereocenters. The van der Waals surface area contributed by atoms with Crippen molar-refractivity contribution in [1.29, 1.82) is 0 Å². The first kappa shape index (κ1) is 11.4. The smallest absolute Gasteiger partial charge is 0.153 e. The highest BCUT2D eigenvalue weighted by atomic mass is 16.5. The number of nitrogens with two attached hydrogens (primary N) is 1. The summed E-state index contributed by atoms with van der Waals surface area (Å²) in [4.78, 5) is 4.28. The van der Waals surface area contributed by atoms with Gasteiger partial charge in [0.25, 0.3) is 0 Å². The Balaban J connectivity index is 1.85. The second-order valence-electron chi connectivity index (χ2n) is 4.86. The van der Waals surface area contributed by atoms with E-state index in [4.69, 9.17) is 10.5 Å². The molecule has 0 saturated heterocycles. The topological polar surface area (TPSA) is 65.4 Å². The third-order valence-electron chi connectivity index (χ3n) is 3.63. The maximum absolute atomic E-state index is 5.71. The Morgan fingerprint density at radius 2 is 2.20 bits per heavy atom. The van der Waals surface area contributed by atoms with Crippen LogP contribution in [-0.2, 0) is 13.0 Å². The lowest BCUT2D eigenvalue weighted by molar-refractivity contribution is 0.357. The predicted octanol–water partition coefficient (Wildman–Crippen LogP) is 1.79. The molecule has 0 atom stereocenters. The fourth-order valence-corrected chi connectivity index (χ4v) is 2.56. The number of fused-ring (bicyclic) bond motifs is 2. The van der Waals surface area contributed by atoms with Gasteiger partial charge in [-0.3, -0.25) is 0 Å². The molecule has 1 aliphatic rings. The lowest BCUT2D eigenvalue weighted by Gasteiger charge is -2.05. The molecule has 2 aromatic heterocycles. The molecule has 0 amide bonds. The van der Waals surface area contributed by atoms with Crippen molar-refractivity contribution in [2.24, 2.45) is 5.73 Å². The highest BCUT2D eigenvalue weighted by molar-refractivity contribution is 5.63. The van der Waals surface area contributed by atoms with Gasteiger partial charge in [0.05, 0.1) is 24.2 Å². The highest BCUT2D eigenvalue weighted by Crippen LogP contribution is 2.29. The van der Waals surface area contributed by atoms with Gasteiger partial charge < -0.3 is 10.5 Å². The summed E-state index contributed by atoms with van der Waals surface area (Å²) < 4.78 is 7.34. The van der Waals surface area contributed by atoms with Gasteiger partial charge in [-0.1, -0.05) is 0 Å². The minimum absolute atomic E-state index is 0.426. The van der Waals surface area contributed by atoms with E-state index in [0.717, 1.165) is 41.4 Å². The minimum Gasteiger partial charge on any atom is -0.493 e. The van der Waals surface area contributed by atoms with Gasteiger partial charge in [0.15, 0.2) is 5.65 Å². The summed E-state index contributed by atoms with van der Waals surface area (Å²) in [6.45, 7) is 1.19. The second-order valence-corrected chi connectivity index (χ2v) is 4.86. The van der Waals surface area contributed by atoms with Crippen LogP contribution in [0, 0.1) is 0 Å². The molecule has 1 aromatic carbocycles. The van der Waals surface area contributed by atoms with Gasteiger partial charge in [-0.2, -0.15) is 5.10 Å². The van der Waals surface area contributed by atoms with Crippen LogP contribution in [0.25, 0.3) is 16.9 Å². The molecule has 0 bridgehead atoms. The maximum Gasteiger partial charge on any atom is 0.153 e. The van der Waals surface area contributed by atoms with Crippen molar-refractivity contribution in [1.82, 2.24) is 14.6 Å². The lowest BCUT2D eigenvalue weighted by Crippen LogP contribution is -2.04. The summed E-state index contributed by atoms with van der Waals surface area (Å²) in [5, 5.41) is 4.64. The summed E-state index contributed by atoms with van der Waals surface area (Å²) in [6, 6.07) is 10.2. The number of nitrogens with zero attached hydrogens (tertiary/aromatic N) is 3. The first-order chi connectivity index (χ1) is 9.85. The molecule has 0 aliphatic carbocycles. The van der Waals surface area contributed by atoms with Crippen molar-refractivity contribution in [3.05, 3.63) is 47.8 Å². The van der Waals surface area contributed by atoms with Crippen LogP contribution in [0.1, 0.15) is 11.3 Å². The van der Waals surface area contributed by atoms with Crippen molar-refractivity contribution in [2.75, 3.05) is 6.61 Å². The SMILES string of the molecule is NCc1cnc2ccc(-c3ccc4c(c3)CCO4)nn12. The first-order valence-electron chi connectivity index (χ1n) is 6.65. The van der Waals surface area contributed by atoms with Crippen LogP contribution in [0.3, 0.4) is 0 Å². The van der Waals surface area contributed by atoms with Crippen molar-refractivity contribution < 1.29 is 4.74 Å². The zero-order valence-corrected chi connectivity index (χ0v) is 10.9. The lowest BCUT2D eigenvalue weighted by atomic mass is 10.1. The summed E-state index contributed by atoms with van der Waals surface area (Å²) >= 11 is 0. The van der Waals surface area contributed by atoms with Crippen LogP contribution in [0.4, 0.5) is 0 Å². The van der Waals surface area contributed by atoms with Gasteiger partial charge in [0, 0.05) is 18.5 Å². The molecule has 0 spiro atoms. The molecule has 5 heteroatoms. The summed E-state index contributed by atoms with van der Waals surface area (Å²) in [6.07, 6.45) is 2.73. The quantitative estimate of drug-likeness (QED) is 0.768. The zero-order chi connectivity index (χ0) is 13.5. The number of ether oxygens (including phenoxy) is 1. The van der Waals surface area contributed by atoms with E-state index in [1.165, 1.54) is 5.56 Å². The predicted molar refractivity (Wildman–Crippen MR) is 75.5 cm³/mol. The monoisotopic (exact) mass is 266 g/mol. The number of imidazole rings is 1. The van der Waals surface area contributed by atoms with E-state index in [1.807, 2.05) is 24.3 Å². The summed E-state index contributed by atoms with van der Waals surface area (Å²) in [7, 11) is 0. The van der Waals surface area contributed by atoms with E-state index in [1.54, 1.807) is 10.7 Å². The Morgan fingerprint density at radius 3 is 3.10 bits per heavy atom. The number of rotatable bonds is 2. The molecule has 5 nitrogen and oxygen atoms in total. The molecule has 1 aliphatic heterocycles. The largest absolute Gasteiger partial charge is 0.493 e. The standard InChI is InChI=1S/C15H14N4O/c16-8-12-9-17-15-4-2-13(18-19(12)15)10-1-3-14-11(7-10)5-6-20-14/h1-4,7,9H,5-6,8,16H2.